The third kappa shape index (κ3) is 3.22. The molecule has 142 valence electrons. The van der Waals surface area contributed by atoms with Gasteiger partial charge < -0.3 is 11.1 Å². The molecule has 2 aliphatic carbocycles. The van der Waals surface area contributed by atoms with E-state index in [1.54, 1.807) is 24.3 Å². The summed E-state index contributed by atoms with van der Waals surface area (Å²) in [5.41, 5.74) is 5.01. The molecule has 1 heterocycles. The Bertz CT molecular complexity index is 967. The first-order valence-corrected chi connectivity index (χ1v) is 9.53. The fourth-order valence-electron chi connectivity index (χ4n) is 4.97. The van der Waals surface area contributed by atoms with Gasteiger partial charge in [-0.1, -0.05) is 24.6 Å². The van der Waals surface area contributed by atoms with Crippen molar-refractivity contribution < 1.29 is 9.59 Å². The molecule has 2 aliphatic rings. The number of hydrogen-bond donors (Lipinski definition) is 2. The summed E-state index contributed by atoms with van der Waals surface area (Å²) in [6.07, 6.45) is 5.02. The molecule has 3 N–H and O–H groups in total. The highest BCUT2D eigenvalue weighted by Gasteiger charge is 2.42. The predicted octanol–water partition coefficient (Wildman–Crippen LogP) is 1.44. The second-order valence-corrected chi connectivity index (χ2v) is 7.92. The number of primary amides is 1. The van der Waals surface area contributed by atoms with E-state index in [2.05, 4.69) is 10.4 Å². The van der Waals surface area contributed by atoms with Crippen molar-refractivity contribution in [2.75, 3.05) is 0 Å². The van der Waals surface area contributed by atoms with Crippen molar-refractivity contribution in [2.24, 2.45) is 23.5 Å². The molecule has 2 bridgehead atoms. The van der Waals surface area contributed by atoms with Crippen LogP contribution in [-0.4, -0.2) is 27.6 Å². The Kier molecular flexibility index (Phi) is 4.45. The molecule has 0 aliphatic heterocycles. The summed E-state index contributed by atoms with van der Waals surface area (Å²) in [7, 11) is 0. The number of carbonyl (C=O) groups excluding carboxylic acids is 2. The molecule has 7 nitrogen and oxygen atoms in total. The van der Waals surface area contributed by atoms with Crippen molar-refractivity contribution in [3.05, 3.63) is 40.3 Å². The van der Waals surface area contributed by atoms with Crippen LogP contribution in [0.5, 0.6) is 0 Å². The van der Waals surface area contributed by atoms with Crippen molar-refractivity contribution >= 4 is 22.6 Å². The van der Waals surface area contributed by atoms with E-state index in [9.17, 15) is 14.4 Å². The maximum Gasteiger partial charge on any atom is 0.275 e. The van der Waals surface area contributed by atoms with Crippen LogP contribution >= 0.6 is 0 Å². The number of carbonyl (C=O) groups is 2. The van der Waals surface area contributed by atoms with Gasteiger partial charge in [0.1, 0.15) is 6.54 Å². The first-order valence-electron chi connectivity index (χ1n) is 9.53. The van der Waals surface area contributed by atoms with Gasteiger partial charge in [-0.2, -0.15) is 5.10 Å². The second kappa shape index (κ2) is 6.79. The van der Waals surface area contributed by atoms with Crippen molar-refractivity contribution in [1.29, 1.82) is 0 Å². The minimum absolute atomic E-state index is 0.000786. The zero-order chi connectivity index (χ0) is 19.1. The largest absolute Gasteiger partial charge is 0.364 e. The van der Waals surface area contributed by atoms with Crippen LogP contribution in [0.25, 0.3) is 10.8 Å². The SMILES string of the molecule is CC(NC(=O)Cn1nc(C(N)=O)c2ccccc2c1=O)C1CC2CCC1C2. The third-order valence-electron chi connectivity index (χ3n) is 6.22. The smallest absolute Gasteiger partial charge is 0.275 e. The van der Waals surface area contributed by atoms with E-state index >= 15 is 0 Å². The minimum Gasteiger partial charge on any atom is -0.364 e. The lowest BCUT2D eigenvalue weighted by molar-refractivity contribution is -0.123. The summed E-state index contributed by atoms with van der Waals surface area (Å²) in [5.74, 6) is 1.02. The molecule has 0 spiro atoms. The third-order valence-corrected chi connectivity index (χ3v) is 6.22. The first-order chi connectivity index (χ1) is 12.9. The van der Waals surface area contributed by atoms with E-state index in [1.165, 1.54) is 25.7 Å². The molecular formula is C20H24N4O3. The van der Waals surface area contributed by atoms with Gasteiger partial charge in [0.2, 0.25) is 5.91 Å². The molecule has 0 saturated heterocycles. The van der Waals surface area contributed by atoms with Gasteiger partial charge in [0.15, 0.2) is 5.69 Å². The van der Waals surface area contributed by atoms with Gasteiger partial charge >= 0.3 is 0 Å². The van der Waals surface area contributed by atoms with E-state index in [4.69, 9.17) is 5.73 Å². The van der Waals surface area contributed by atoms with Crippen LogP contribution in [-0.2, 0) is 11.3 Å². The van der Waals surface area contributed by atoms with Gasteiger partial charge in [0.05, 0.1) is 5.39 Å². The molecule has 2 amide bonds. The van der Waals surface area contributed by atoms with Crippen LogP contribution in [0.4, 0.5) is 0 Å². The Labute approximate surface area is 156 Å². The van der Waals surface area contributed by atoms with Crippen LogP contribution in [0, 0.1) is 17.8 Å². The summed E-state index contributed by atoms with van der Waals surface area (Å²) in [6.45, 7) is 1.81. The number of nitrogens with zero attached hydrogens (tertiary/aromatic N) is 2. The normalized spacial score (nSPS) is 24.9. The van der Waals surface area contributed by atoms with E-state index in [0.717, 1.165) is 10.6 Å². The number of benzene rings is 1. The van der Waals surface area contributed by atoms with E-state index in [0.29, 0.717) is 22.6 Å². The fourth-order valence-corrected chi connectivity index (χ4v) is 4.97. The van der Waals surface area contributed by atoms with E-state index < -0.39 is 11.5 Å². The lowest BCUT2D eigenvalue weighted by Gasteiger charge is -2.28. The monoisotopic (exact) mass is 368 g/mol. The summed E-state index contributed by atoms with van der Waals surface area (Å²) < 4.78 is 1.03. The molecule has 1 aromatic carbocycles. The van der Waals surface area contributed by atoms with Gasteiger partial charge in [-0.25, -0.2) is 4.68 Å². The Morgan fingerprint density at radius 2 is 2.00 bits per heavy atom. The van der Waals surface area contributed by atoms with Crippen LogP contribution in [0.3, 0.4) is 0 Å². The molecule has 7 heteroatoms. The Morgan fingerprint density at radius 3 is 2.63 bits per heavy atom. The zero-order valence-electron chi connectivity index (χ0n) is 15.4. The Balaban J connectivity index is 1.54. The molecule has 4 atom stereocenters. The van der Waals surface area contributed by atoms with E-state index in [1.807, 2.05) is 6.92 Å². The summed E-state index contributed by atoms with van der Waals surface area (Å²) in [5, 5.41) is 7.81. The second-order valence-electron chi connectivity index (χ2n) is 7.92. The molecule has 4 rings (SSSR count). The molecule has 2 saturated carbocycles. The molecule has 0 radical (unpaired) electrons. The Hall–Kier alpha value is -2.70. The maximum absolute atomic E-state index is 12.7. The zero-order valence-corrected chi connectivity index (χ0v) is 15.4. The highest BCUT2D eigenvalue weighted by Crippen LogP contribution is 2.49. The van der Waals surface area contributed by atoms with Crippen LogP contribution < -0.4 is 16.6 Å². The molecule has 2 aromatic rings. The molecule has 27 heavy (non-hydrogen) atoms. The van der Waals surface area contributed by atoms with Gasteiger partial charge in [-0.3, -0.25) is 14.4 Å². The van der Waals surface area contributed by atoms with Crippen molar-refractivity contribution in [3.8, 4) is 0 Å². The number of aromatic nitrogens is 2. The fraction of sp³-hybridized carbons (Fsp3) is 0.500. The van der Waals surface area contributed by atoms with Gasteiger partial charge in [-0.05, 0) is 50.0 Å². The minimum atomic E-state index is -0.726. The predicted molar refractivity (Wildman–Crippen MR) is 101 cm³/mol. The van der Waals surface area contributed by atoms with Gasteiger partial charge in [0.25, 0.3) is 11.5 Å². The van der Waals surface area contributed by atoms with Crippen molar-refractivity contribution in [3.63, 3.8) is 0 Å². The quantitative estimate of drug-likeness (QED) is 0.832. The van der Waals surface area contributed by atoms with E-state index in [-0.39, 0.29) is 24.2 Å². The molecule has 4 unspecified atom stereocenters. The van der Waals surface area contributed by atoms with Crippen LogP contribution in [0.15, 0.2) is 29.1 Å². The number of nitrogens with two attached hydrogens (primary N) is 1. The molecule has 1 aromatic heterocycles. The number of amides is 2. The number of hydrogen-bond acceptors (Lipinski definition) is 4. The van der Waals surface area contributed by atoms with Crippen LogP contribution in [0.1, 0.15) is 43.1 Å². The highest BCUT2D eigenvalue weighted by molar-refractivity contribution is 6.04. The van der Waals surface area contributed by atoms with Gasteiger partial charge in [-0.15, -0.1) is 0 Å². The van der Waals surface area contributed by atoms with Crippen molar-refractivity contribution in [2.45, 2.75) is 45.2 Å². The van der Waals surface area contributed by atoms with Crippen LogP contribution in [0.2, 0.25) is 0 Å². The number of rotatable bonds is 5. The summed E-state index contributed by atoms with van der Waals surface area (Å²) in [4.78, 5) is 36.9. The lowest BCUT2D eigenvalue weighted by atomic mass is 9.84. The standard InChI is InChI=1S/C20H24N4O3/c1-11(16-9-12-6-7-13(16)8-12)22-17(25)10-24-20(27)15-5-3-2-4-14(15)18(23-24)19(21)26/h2-5,11-13,16H,6-10H2,1H3,(H2,21,26)(H,22,25). The molecule has 2 fully saturated rings. The first kappa shape index (κ1) is 17.7. The topological polar surface area (TPSA) is 107 Å². The van der Waals surface area contributed by atoms with Crippen molar-refractivity contribution in [1.82, 2.24) is 15.1 Å². The average molecular weight is 368 g/mol. The lowest BCUT2D eigenvalue weighted by Crippen LogP contribution is -2.43. The number of fused-ring (bicyclic) bond motifs is 3. The van der Waals surface area contributed by atoms with Gasteiger partial charge in [0, 0.05) is 11.4 Å². The molecular weight excluding hydrogens is 344 g/mol. The summed E-state index contributed by atoms with van der Waals surface area (Å²) >= 11 is 0. The Morgan fingerprint density at radius 1 is 1.26 bits per heavy atom. The maximum atomic E-state index is 12.7. The number of nitrogens with one attached hydrogen (secondary N) is 1. The average Bonchev–Trinajstić information content (AvgIpc) is 3.27. The highest BCUT2D eigenvalue weighted by atomic mass is 16.2. The summed E-state index contributed by atoms with van der Waals surface area (Å²) in [6, 6.07) is 6.73.